The van der Waals surface area contributed by atoms with Crippen molar-refractivity contribution in [2.24, 2.45) is 28.9 Å². The molecule has 2 aliphatic heterocycles. The first kappa shape index (κ1) is 21.3. The molecule has 0 spiro atoms. The van der Waals surface area contributed by atoms with Crippen LogP contribution in [0, 0.1) is 34.5 Å². The van der Waals surface area contributed by atoms with Crippen molar-refractivity contribution in [1.82, 2.24) is 20.9 Å². The molecule has 29 heavy (non-hydrogen) atoms. The summed E-state index contributed by atoms with van der Waals surface area (Å²) in [7, 11) is 0. The molecule has 4 rings (SSSR count). The molecule has 1 amide bonds. The Balaban J connectivity index is 1.39. The van der Waals surface area contributed by atoms with Crippen molar-refractivity contribution in [2.75, 3.05) is 26.2 Å². The zero-order valence-electron chi connectivity index (χ0n) is 17.4. The minimum Gasteiger partial charge on any atom is -0.354 e. The third kappa shape index (κ3) is 4.57. The maximum Gasteiger partial charge on any atom is 0.240 e. The SMILES string of the molecule is CC1CCC(C2NCC(CNC(=O)C3(C#N)CC3)C(N3CC[C@H](N)C3)N2)CC1Cl. The smallest absolute Gasteiger partial charge is 0.240 e. The molecule has 0 radical (unpaired) electrons. The highest BCUT2D eigenvalue weighted by Gasteiger charge is 2.51. The summed E-state index contributed by atoms with van der Waals surface area (Å²) in [5.41, 5.74) is 5.42. The van der Waals surface area contributed by atoms with Crippen LogP contribution in [-0.2, 0) is 4.79 Å². The van der Waals surface area contributed by atoms with Crippen LogP contribution in [0.5, 0.6) is 0 Å². The summed E-state index contributed by atoms with van der Waals surface area (Å²) in [6.45, 7) is 5.53. The van der Waals surface area contributed by atoms with Crippen LogP contribution in [0.4, 0.5) is 0 Å². The number of halogens is 1. The van der Waals surface area contributed by atoms with Gasteiger partial charge in [-0.3, -0.25) is 15.0 Å². The lowest BCUT2D eigenvalue weighted by atomic mass is 9.80. The van der Waals surface area contributed by atoms with Gasteiger partial charge in [0.25, 0.3) is 0 Å². The Hall–Kier alpha value is -0.910. The van der Waals surface area contributed by atoms with Crippen LogP contribution in [-0.4, -0.2) is 60.7 Å². The Bertz CT molecular complexity index is 650. The molecule has 4 fully saturated rings. The Morgan fingerprint density at radius 2 is 2.17 bits per heavy atom. The lowest BCUT2D eigenvalue weighted by molar-refractivity contribution is -0.124. The van der Waals surface area contributed by atoms with Crippen molar-refractivity contribution in [1.29, 1.82) is 5.26 Å². The molecule has 7 nitrogen and oxygen atoms in total. The van der Waals surface area contributed by atoms with E-state index in [-0.39, 0.29) is 35.6 Å². The zero-order valence-corrected chi connectivity index (χ0v) is 18.1. The van der Waals surface area contributed by atoms with Crippen LogP contribution in [0.2, 0.25) is 0 Å². The number of nitrogens with one attached hydrogen (secondary N) is 3. The number of carbonyl (C=O) groups is 1. The molecule has 8 heteroatoms. The van der Waals surface area contributed by atoms with Crippen molar-refractivity contribution < 1.29 is 4.79 Å². The summed E-state index contributed by atoms with van der Waals surface area (Å²) in [6, 6.07) is 2.41. The van der Waals surface area contributed by atoms with Crippen LogP contribution in [0.15, 0.2) is 0 Å². The van der Waals surface area contributed by atoms with E-state index >= 15 is 0 Å². The molecule has 2 heterocycles. The second-order valence-electron chi connectivity index (χ2n) is 9.77. The molecule has 0 aromatic rings. The summed E-state index contributed by atoms with van der Waals surface area (Å²) in [5.74, 6) is 1.24. The molecule has 2 saturated carbocycles. The summed E-state index contributed by atoms with van der Waals surface area (Å²) < 4.78 is 0. The van der Waals surface area contributed by atoms with E-state index < -0.39 is 5.41 Å². The first-order chi connectivity index (χ1) is 13.9. The van der Waals surface area contributed by atoms with Gasteiger partial charge < -0.3 is 16.4 Å². The van der Waals surface area contributed by atoms with Crippen LogP contribution >= 0.6 is 11.6 Å². The number of alkyl halides is 1. The van der Waals surface area contributed by atoms with Gasteiger partial charge in [0.1, 0.15) is 5.41 Å². The number of rotatable bonds is 5. The van der Waals surface area contributed by atoms with Crippen molar-refractivity contribution >= 4 is 17.5 Å². The van der Waals surface area contributed by atoms with Crippen LogP contribution in [0.25, 0.3) is 0 Å². The van der Waals surface area contributed by atoms with Gasteiger partial charge in [0.15, 0.2) is 0 Å². The quantitative estimate of drug-likeness (QED) is 0.491. The minimum atomic E-state index is -0.766. The normalized spacial score (nSPS) is 42.2. The van der Waals surface area contributed by atoms with Crippen LogP contribution in [0.1, 0.15) is 45.4 Å². The molecule has 162 valence electrons. The third-order valence-corrected chi connectivity index (χ3v) is 8.19. The number of hydrogen-bond acceptors (Lipinski definition) is 6. The molecule has 5 N–H and O–H groups in total. The zero-order chi connectivity index (χ0) is 20.6. The molecule has 7 atom stereocenters. The molecule has 0 bridgehead atoms. The number of carbonyl (C=O) groups excluding carboxylic acids is 1. The first-order valence-corrected chi connectivity index (χ1v) is 11.7. The number of nitriles is 1. The highest BCUT2D eigenvalue weighted by Crippen LogP contribution is 2.45. The molecular formula is C21H35ClN6O. The number of nitrogens with zero attached hydrogens (tertiary/aromatic N) is 2. The van der Waals surface area contributed by atoms with Gasteiger partial charge in [-0.25, -0.2) is 0 Å². The summed E-state index contributed by atoms with van der Waals surface area (Å²) in [4.78, 5) is 14.9. The van der Waals surface area contributed by atoms with Crippen molar-refractivity contribution in [3.8, 4) is 6.07 Å². The topological polar surface area (TPSA) is 106 Å². The van der Waals surface area contributed by atoms with E-state index in [2.05, 4.69) is 33.8 Å². The van der Waals surface area contributed by atoms with Gasteiger partial charge in [0.05, 0.1) is 18.4 Å². The lowest BCUT2D eigenvalue weighted by Gasteiger charge is -2.47. The molecular weight excluding hydrogens is 388 g/mol. The molecule has 4 aliphatic rings. The molecule has 0 aromatic heterocycles. The predicted molar refractivity (Wildman–Crippen MR) is 113 cm³/mol. The average molecular weight is 423 g/mol. The largest absolute Gasteiger partial charge is 0.354 e. The van der Waals surface area contributed by atoms with Gasteiger partial charge in [-0.2, -0.15) is 5.26 Å². The second kappa shape index (κ2) is 8.68. The first-order valence-electron chi connectivity index (χ1n) is 11.2. The standard InChI is InChI=1S/C21H35ClN6O/c1-13-2-3-14(8-17(13)22)18-25-9-15(10-26-20(29)21(12-23)5-6-21)19(27-18)28-7-4-16(24)11-28/h13-19,25,27H,2-11,24H2,1H3,(H,26,29)/t13?,14?,15?,16-,17?,18?,19?/m0/s1. The van der Waals surface area contributed by atoms with Gasteiger partial charge in [-0.1, -0.05) is 6.92 Å². The van der Waals surface area contributed by atoms with Gasteiger partial charge in [-0.05, 0) is 50.4 Å². The molecule has 0 aromatic carbocycles. The highest BCUT2D eigenvalue weighted by atomic mass is 35.5. The number of amides is 1. The predicted octanol–water partition coefficient (Wildman–Crippen LogP) is 0.944. The fourth-order valence-electron chi connectivity index (χ4n) is 5.23. The molecule has 2 aliphatic carbocycles. The third-order valence-electron chi connectivity index (χ3n) is 7.58. The molecule has 2 saturated heterocycles. The molecule has 6 unspecified atom stereocenters. The number of hydrogen-bond donors (Lipinski definition) is 4. The van der Waals surface area contributed by atoms with E-state index in [4.69, 9.17) is 17.3 Å². The summed E-state index contributed by atoms with van der Waals surface area (Å²) in [5, 5.41) is 20.1. The average Bonchev–Trinajstić information content (AvgIpc) is 3.42. The van der Waals surface area contributed by atoms with Gasteiger partial charge in [0, 0.05) is 43.5 Å². The van der Waals surface area contributed by atoms with E-state index in [1.165, 1.54) is 12.8 Å². The van der Waals surface area contributed by atoms with Gasteiger partial charge >= 0.3 is 0 Å². The van der Waals surface area contributed by atoms with Crippen LogP contribution < -0.4 is 21.7 Å². The fraction of sp³-hybridized carbons (Fsp3) is 0.905. The monoisotopic (exact) mass is 422 g/mol. The van der Waals surface area contributed by atoms with Gasteiger partial charge in [0.2, 0.25) is 5.91 Å². The Labute approximate surface area is 179 Å². The Morgan fingerprint density at radius 3 is 2.79 bits per heavy atom. The van der Waals surface area contributed by atoms with E-state index in [0.29, 0.717) is 31.2 Å². The van der Waals surface area contributed by atoms with E-state index in [1.807, 2.05) is 0 Å². The summed E-state index contributed by atoms with van der Waals surface area (Å²) in [6.07, 6.45) is 6.20. The highest BCUT2D eigenvalue weighted by molar-refractivity contribution is 6.20. The maximum absolute atomic E-state index is 12.4. The minimum absolute atomic E-state index is 0.106. The van der Waals surface area contributed by atoms with Crippen LogP contribution in [0.3, 0.4) is 0 Å². The number of nitrogens with two attached hydrogens (primary N) is 1. The number of likely N-dealkylation sites (tertiary alicyclic amines) is 1. The van der Waals surface area contributed by atoms with Crippen molar-refractivity contribution in [2.45, 2.75) is 69.2 Å². The van der Waals surface area contributed by atoms with E-state index in [9.17, 15) is 10.1 Å². The fourth-order valence-corrected chi connectivity index (χ4v) is 5.59. The Morgan fingerprint density at radius 1 is 1.38 bits per heavy atom. The lowest BCUT2D eigenvalue weighted by Crippen LogP contribution is -2.67. The second-order valence-corrected chi connectivity index (χ2v) is 10.3. The summed E-state index contributed by atoms with van der Waals surface area (Å²) >= 11 is 6.58. The van der Waals surface area contributed by atoms with Gasteiger partial charge in [-0.15, -0.1) is 11.6 Å². The maximum atomic E-state index is 12.4. The van der Waals surface area contributed by atoms with E-state index in [1.54, 1.807) is 0 Å². The van der Waals surface area contributed by atoms with Crippen molar-refractivity contribution in [3.05, 3.63) is 0 Å². The van der Waals surface area contributed by atoms with E-state index in [0.717, 1.165) is 32.5 Å². The van der Waals surface area contributed by atoms with Crippen molar-refractivity contribution in [3.63, 3.8) is 0 Å². The Kier molecular flexibility index (Phi) is 6.38.